The molecule has 0 amide bonds. The summed E-state index contributed by atoms with van der Waals surface area (Å²) in [5.41, 5.74) is -5.16. The summed E-state index contributed by atoms with van der Waals surface area (Å²) < 4.78 is 39.1. The van der Waals surface area contributed by atoms with E-state index in [9.17, 15) is 38.4 Å². The summed E-state index contributed by atoms with van der Waals surface area (Å²) in [7, 11) is 0. The van der Waals surface area contributed by atoms with Gasteiger partial charge in [-0.1, -0.05) is 30.3 Å². The molecule has 1 unspecified atom stereocenters. The maximum Gasteiger partial charge on any atom is 0.416 e. The third-order valence-corrected chi connectivity index (χ3v) is 3.85. The topological polar surface area (TPSA) is 104 Å². The number of aliphatic carboxylic acids is 1. The van der Waals surface area contributed by atoms with Crippen molar-refractivity contribution in [2.24, 2.45) is 0 Å². The number of rotatable bonds is 5. The first-order valence-corrected chi connectivity index (χ1v) is 7.16. The molecule has 0 aliphatic rings. The van der Waals surface area contributed by atoms with Gasteiger partial charge in [0.05, 0.1) is 22.1 Å². The summed E-state index contributed by atoms with van der Waals surface area (Å²) in [5.74, 6) is -1.77. The lowest BCUT2D eigenvalue weighted by Crippen LogP contribution is -2.37. The van der Waals surface area contributed by atoms with E-state index in [1.54, 1.807) is 18.2 Å². The number of alkyl halides is 3. The quantitative estimate of drug-likeness (QED) is 0.643. The number of carboxylic acids is 1. The molecule has 2 aromatic carbocycles. The van der Waals surface area contributed by atoms with E-state index in [0.717, 1.165) is 0 Å². The molecule has 9 heteroatoms. The maximum atomic E-state index is 13.0. The van der Waals surface area contributed by atoms with Crippen LogP contribution in [0.25, 0.3) is 0 Å². The Morgan fingerprint density at radius 3 is 2.27 bits per heavy atom. The highest BCUT2D eigenvalue weighted by Gasteiger charge is 2.47. The Kier molecular flexibility index (Phi) is 4.98. The number of nitrogens with zero attached hydrogens (tertiary/aromatic N) is 2. The van der Waals surface area contributed by atoms with Crippen LogP contribution in [0.2, 0.25) is 0 Å². The Hall–Kier alpha value is -3.41. The molecule has 6 nitrogen and oxygen atoms in total. The molecule has 1 atom stereocenters. The number of hydrogen-bond acceptors (Lipinski definition) is 4. The monoisotopic (exact) mass is 364 g/mol. The molecule has 0 radical (unpaired) electrons. The third kappa shape index (κ3) is 3.49. The minimum atomic E-state index is -4.85. The minimum Gasteiger partial charge on any atom is -0.480 e. The van der Waals surface area contributed by atoms with Crippen LogP contribution in [0.15, 0.2) is 48.5 Å². The lowest BCUT2D eigenvalue weighted by Gasteiger charge is -2.23. The van der Waals surface area contributed by atoms with Crippen molar-refractivity contribution in [3.05, 3.63) is 75.3 Å². The van der Waals surface area contributed by atoms with Crippen molar-refractivity contribution >= 4 is 11.7 Å². The normalized spacial score (nSPS) is 13.5. The van der Waals surface area contributed by atoms with Gasteiger partial charge in [-0.25, -0.2) is 0 Å². The largest absolute Gasteiger partial charge is 0.480 e. The van der Waals surface area contributed by atoms with Crippen LogP contribution >= 0.6 is 0 Å². The van der Waals surface area contributed by atoms with Crippen LogP contribution in [0.3, 0.4) is 0 Å². The first kappa shape index (κ1) is 18.9. The van der Waals surface area contributed by atoms with Crippen LogP contribution in [-0.2, 0) is 22.8 Å². The molecular weight excluding hydrogens is 353 g/mol. The Morgan fingerprint density at radius 1 is 1.19 bits per heavy atom. The lowest BCUT2D eigenvalue weighted by molar-refractivity contribution is -0.385. The zero-order valence-corrected chi connectivity index (χ0v) is 13.0. The van der Waals surface area contributed by atoms with Crippen molar-refractivity contribution in [1.29, 1.82) is 5.26 Å². The van der Waals surface area contributed by atoms with E-state index < -0.39 is 45.7 Å². The lowest BCUT2D eigenvalue weighted by atomic mass is 9.75. The second-order valence-electron chi connectivity index (χ2n) is 5.47. The van der Waals surface area contributed by atoms with E-state index >= 15 is 0 Å². The van der Waals surface area contributed by atoms with Crippen LogP contribution in [0.4, 0.5) is 18.9 Å². The first-order valence-electron chi connectivity index (χ1n) is 7.16. The van der Waals surface area contributed by atoms with Gasteiger partial charge in [-0.3, -0.25) is 14.9 Å². The Morgan fingerprint density at radius 2 is 1.81 bits per heavy atom. The highest BCUT2D eigenvalue weighted by molar-refractivity contribution is 5.87. The van der Waals surface area contributed by atoms with Crippen LogP contribution in [0.5, 0.6) is 0 Å². The maximum absolute atomic E-state index is 13.0. The summed E-state index contributed by atoms with van der Waals surface area (Å²) in [5, 5.41) is 30.4. The molecule has 0 saturated carbocycles. The summed E-state index contributed by atoms with van der Waals surface area (Å²) >= 11 is 0. The number of hydrogen-bond donors (Lipinski definition) is 1. The van der Waals surface area contributed by atoms with E-state index in [1.165, 1.54) is 18.2 Å². The fraction of sp³-hybridized carbons (Fsp3) is 0.176. The van der Waals surface area contributed by atoms with Gasteiger partial charge < -0.3 is 5.11 Å². The van der Waals surface area contributed by atoms with Crippen LogP contribution in [0, 0.1) is 21.4 Å². The second kappa shape index (κ2) is 6.84. The van der Waals surface area contributed by atoms with E-state index in [4.69, 9.17) is 0 Å². The van der Waals surface area contributed by atoms with Crippen LogP contribution < -0.4 is 0 Å². The van der Waals surface area contributed by atoms with Gasteiger partial charge in [0.15, 0.2) is 5.41 Å². The van der Waals surface area contributed by atoms with E-state index in [-0.39, 0.29) is 0 Å². The molecule has 1 N–H and O–H groups in total. The molecule has 0 aromatic heterocycles. The summed E-state index contributed by atoms with van der Waals surface area (Å²) in [4.78, 5) is 22.1. The van der Waals surface area contributed by atoms with E-state index in [2.05, 4.69) is 0 Å². The van der Waals surface area contributed by atoms with Gasteiger partial charge in [0, 0.05) is 12.5 Å². The molecule has 26 heavy (non-hydrogen) atoms. The van der Waals surface area contributed by atoms with E-state index in [1.807, 2.05) is 0 Å². The predicted octanol–water partition coefficient (Wildman–Crippen LogP) is 3.70. The minimum absolute atomic E-state index is 0.336. The van der Waals surface area contributed by atoms with Gasteiger partial charge >= 0.3 is 12.1 Å². The molecule has 0 fully saturated rings. The standard InChI is InChI=1S/C17H11F3N2O4/c18-17(19,20)12-6-7-14(22(25)26)13(8-12)16(10-21,15(23)24)9-11-4-2-1-3-5-11/h1-8H,9H2,(H,23,24). The molecule has 0 spiro atoms. The van der Waals surface area contributed by atoms with Crippen LogP contribution in [0.1, 0.15) is 16.7 Å². The average Bonchev–Trinajstić information content (AvgIpc) is 2.59. The summed E-state index contributed by atoms with van der Waals surface area (Å²) in [6.45, 7) is 0. The first-order chi connectivity index (χ1) is 12.1. The zero-order chi connectivity index (χ0) is 19.5. The molecule has 0 heterocycles. The number of carbonyl (C=O) groups is 1. The van der Waals surface area contributed by atoms with Crippen molar-refractivity contribution in [2.75, 3.05) is 0 Å². The second-order valence-corrected chi connectivity index (χ2v) is 5.47. The van der Waals surface area contributed by atoms with Crippen molar-refractivity contribution in [3.8, 4) is 6.07 Å². The number of carboxylic acid groups (broad SMARTS) is 1. The highest BCUT2D eigenvalue weighted by Crippen LogP contribution is 2.39. The van der Waals surface area contributed by atoms with Gasteiger partial charge in [-0.05, 0) is 17.7 Å². The fourth-order valence-corrected chi connectivity index (χ4v) is 2.55. The van der Waals surface area contributed by atoms with Gasteiger partial charge in [-0.15, -0.1) is 0 Å². The smallest absolute Gasteiger partial charge is 0.416 e. The number of nitro groups is 1. The molecule has 134 valence electrons. The third-order valence-electron chi connectivity index (χ3n) is 3.85. The SMILES string of the molecule is N#CC(Cc1ccccc1)(C(=O)O)c1cc(C(F)(F)F)ccc1[N+](=O)[O-]. The number of halogens is 3. The predicted molar refractivity (Wildman–Crippen MR) is 83.2 cm³/mol. The van der Waals surface area contributed by atoms with Gasteiger partial charge in [-0.2, -0.15) is 18.4 Å². The van der Waals surface area contributed by atoms with Crippen molar-refractivity contribution in [2.45, 2.75) is 18.0 Å². The summed E-state index contributed by atoms with van der Waals surface area (Å²) in [6, 6.07) is 10.6. The highest BCUT2D eigenvalue weighted by atomic mass is 19.4. The molecular formula is C17H11F3N2O4. The Labute approximate surface area is 145 Å². The number of benzene rings is 2. The molecule has 0 aliphatic heterocycles. The molecule has 0 saturated heterocycles. The van der Waals surface area contributed by atoms with Crippen molar-refractivity contribution in [1.82, 2.24) is 0 Å². The van der Waals surface area contributed by atoms with Crippen LogP contribution in [-0.4, -0.2) is 16.0 Å². The van der Waals surface area contributed by atoms with Gasteiger partial charge in [0.1, 0.15) is 0 Å². The van der Waals surface area contributed by atoms with Crippen molar-refractivity contribution < 1.29 is 28.0 Å². The van der Waals surface area contributed by atoms with Gasteiger partial charge in [0.2, 0.25) is 0 Å². The molecule has 2 aromatic rings. The Balaban J connectivity index is 2.77. The number of nitriles is 1. The number of nitro benzene ring substituents is 1. The van der Waals surface area contributed by atoms with Crippen molar-refractivity contribution in [3.63, 3.8) is 0 Å². The molecule has 2 rings (SSSR count). The molecule has 0 aliphatic carbocycles. The van der Waals surface area contributed by atoms with Gasteiger partial charge in [0.25, 0.3) is 5.69 Å². The average molecular weight is 364 g/mol. The Bertz CT molecular complexity index is 891. The van der Waals surface area contributed by atoms with E-state index in [0.29, 0.717) is 23.8 Å². The zero-order valence-electron chi connectivity index (χ0n) is 13.0. The fourth-order valence-electron chi connectivity index (χ4n) is 2.55. The molecule has 0 bridgehead atoms. The summed E-state index contributed by atoms with van der Waals surface area (Å²) in [6.07, 6.45) is -5.38.